The second kappa shape index (κ2) is 6.51. The van der Waals surface area contributed by atoms with E-state index in [9.17, 15) is 4.79 Å². The molecule has 22 heavy (non-hydrogen) atoms. The number of H-pyrrole nitrogens is 1. The van der Waals surface area contributed by atoms with Gasteiger partial charge in [0.25, 0.3) is 0 Å². The van der Waals surface area contributed by atoms with Crippen molar-refractivity contribution >= 4 is 16.9 Å². The Morgan fingerprint density at radius 3 is 3.00 bits per heavy atom. The van der Waals surface area contributed by atoms with Gasteiger partial charge in [-0.05, 0) is 43.9 Å². The number of fused-ring (bicyclic) bond motifs is 1. The second-order valence-corrected chi connectivity index (χ2v) is 6.30. The third-order valence-electron chi connectivity index (χ3n) is 4.92. The molecule has 1 N–H and O–H groups in total. The Bertz CT molecular complexity index is 612. The molecule has 3 rings (SSSR count). The molecule has 1 atom stereocenters. The molecule has 1 fully saturated rings. The highest BCUT2D eigenvalue weighted by Gasteiger charge is 2.28. The van der Waals surface area contributed by atoms with E-state index in [4.69, 9.17) is 0 Å². The fraction of sp³-hybridized carbons (Fsp3) is 0.556. The molecule has 0 saturated carbocycles. The quantitative estimate of drug-likeness (QED) is 0.935. The summed E-state index contributed by atoms with van der Waals surface area (Å²) in [6.07, 6.45) is 5.91. The number of likely N-dealkylation sites (tertiary alicyclic amines) is 1. The molecule has 0 spiro atoms. The molecule has 4 heteroatoms. The van der Waals surface area contributed by atoms with E-state index < -0.39 is 0 Å². The van der Waals surface area contributed by atoms with Crippen molar-refractivity contribution in [3.63, 3.8) is 0 Å². The number of carbonyl (C=O) groups is 1. The molecule has 1 aliphatic heterocycles. The van der Waals surface area contributed by atoms with Gasteiger partial charge in [-0.3, -0.25) is 4.79 Å². The molecule has 2 aromatic heterocycles. The summed E-state index contributed by atoms with van der Waals surface area (Å²) in [5.41, 5.74) is 2.16. The number of carbonyl (C=O) groups excluding carboxylic acids is 1. The molecule has 0 aromatic carbocycles. The van der Waals surface area contributed by atoms with Crippen molar-refractivity contribution in [2.45, 2.75) is 45.4 Å². The molecular weight excluding hydrogens is 274 g/mol. The summed E-state index contributed by atoms with van der Waals surface area (Å²) in [6, 6.07) is 6.24. The van der Waals surface area contributed by atoms with Crippen LogP contribution in [-0.4, -0.2) is 33.9 Å². The summed E-state index contributed by atoms with van der Waals surface area (Å²) in [5, 5.41) is 1.15. The average Bonchev–Trinajstić information content (AvgIpc) is 3.00. The first kappa shape index (κ1) is 15.1. The Labute approximate surface area is 131 Å². The van der Waals surface area contributed by atoms with Crippen molar-refractivity contribution in [1.29, 1.82) is 0 Å². The topological polar surface area (TPSA) is 49.0 Å². The fourth-order valence-electron chi connectivity index (χ4n) is 3.53. The van der Waals surface area contributed by atoms with Crippen LogP contribution in [0.3, 0.4) is 0 Å². The third kappa shape index (κ3) is 2.87. The van der Waals surface area contributed by atoms with E-state index in [0.29, 0.717) is 11.8 Å². The maximum absolute atomic E-state index is 12.6. The normalized spacial score (nSPS) is 19.0. The highest BCUT2D eigenvalue weighted by atomic mass is 16.2. The number of piperidine rings is 1. The maximum atomic E-state index is 12.6. The number of nitrogens with one attached hydrogen (secondary N) is 1. The molecule has 0 unspecified atom stereocenters. The molecule has 0 aliphatic carbocycles. The minimum absolute atomic E-state index is 0.183. The van der Waals surface area contributed by atoms with E-state index in [-0.39, 0.29) is 5.92 Å². The molecule has 3 heterocycles. The molecule has 1 amide bonds. The second-order valence-electron chi connectivity index (χ2n) is 6.30. The zero-order valence-electron chi connectivity index (χ0n) is 13.5. The van der Waals surface area contributed by atoms with Crippen LogP contribution in [0.25, 0.3) is 11.0 Å². The molecular formula is C18H25N3O. The van der Waals surface area contributed by atoms with Crippen molar-refractivity contribution in [3.8, 4) is 0 Å². The lowest BCUT2D eigenvalue weighted by atomic mass is 9.92. The molecule has 2 aromatic rings. The SMILES string of the molecule is CCC(CC)C(=O)N1CCC[C@@H](c2cc3cccnc3[nH]2)C1. The van der Waals surface area contributed by atoms with Gasteiger partial charge in [-0.2, -0.15) is 0 Å². The van der Waals surface area contributed by atoms with E-state index in [0.717, 1.165) is 49.8 Å². The zero-order valence-corrected chi connectivity index (χ0v) is 13.5. The maximum Gasteiger partial charge on any atom is 0.225 e. The molecule has 0 bridgehead atoms. The number of amides is 1. The van der Waals surface area contributed by atoms with E-state index >= 15 is 0 Å². The van der Waals surface area contributed by atoms with E-state index in [1.807, 2.05) is 12.3 Å². The van der Waals surface area contributed by atoms with Gasteiger partial charge >= 0.3 is 0 Å². The van der Waals surface area contributed by atoms with Crippen molar-refractivity contribution < 1.29 is 4.79 Å². The number of aromatic nitrogens is 2. The van der Waals surface area contributed by atoms with E-state index in [1.165, 1.54) is 5.69 Å². The number of pyridine rings is 1. The van der Waals surface area contributed by atoms with Gasteiger partial charge < -0.3 is 9.88 Å². The smallest absolute Gasteiger partial charge is 0.225 e. The predicted octanol–water partition coefficient (Wildman–Crippen LogP) is 3.71. The van der Waals surface area contributed by atoms with Crippen LogP contribution in [0.1, 0.15) is 51.1 Å². The monoisotopic (exact) mass is 299 g/mol. The summed E-state index contributed by atoms with van der Waals surface area (Å²) in [4.78, 5) is 22.5. The first-order valence-corrected chi connectivity index (χ1v) is 8.45. The van der Waals surface area contributed by atoms with E-state index in [1.54, 1.807) is 0 Å². The number of nitrogens with zero attached hydrogens (tertiary/aromatic N) is 2. The number of hydrogen-bond acceptors (Lipinski definition) is 2. The molecule has 118 valence electrons. The van der Waals surface area contributed by atoms with Crippen molar-refractivity contribution in [2.24, 2.45) is 5.92 Å². The van der Waals surface area contributed by atoms with Gasteiger partial charge in [0.1, 0.15) is 5.65 Å². The van der Waals surface area contributed by atoms with Gasteiger partial charge in [-0.15, -0.1) is 0 Å². The van der Waals surface area contributed by atoms with E-state index in [2.05, 4.69) is 40.8 Å². The minimum Gasteiger partial charge on any atom is -0.343 e. The largest absolute Gasteiger partial charge is 0.343 e. The van der Waals surface area contributed by atoms with Crippen LogP contribution in [0.5, 0.6) is 0 Å². The first-order valence-electron chi connectivity index (χ1n) is 8.45. The summed E-state index contributed by atoms with van der Waals surface area (Å²) >= 11 is 0. The summed E-state index contributed by atoms with van der Waals surface area (Å²) < 4.78 is 0. The lowest BCUT2D eigenvalue weighted by Gasteiger charge is -2.34. The van der Waals surface area contributed by atoms with Crippen LogP contribution >= 0.6 is 0 Å². The Morgan fingerprint density at radius 2 is 2.27 bits per heavy atom. The van der Waals surface area contributed by atoms with Crippen molar-refractivity contribution in [2.75, 3.05) is 13.1 Å². The Balaban J connectivity index is 1.76. The number of rotatable bonds is 4. The standard InChI is InChI=1S/C18H25N3O/c1-3-13(4-2)18(22)21-10-6-8-15(12-21)16-11-14-7-5-9-19-17(14)20-16/h5,7,9,11,13,15H,3-4,6,8,10,12H2,1-2H3,(H,19,20)/t15-/m1/s1. The molecule has 1 saturated heterocycles. The highest BCUT2D eigenvalue weighted by Crippen LogP contribution is 2.29. The molecule has 1 aliphatic rings. The van der Waals surface area contributed by atoms with Crippen LogP contribution in [0.4, 0.5) is 0 Å². The number of aromatic amines is 1. The fourth-order valence-corrected chi connectivity index (χ4v) is 3.53. The minimum atomic E-state index is 0.183. The van der Waals surface area contributed by atoms with Gasteiger partial charge in [0.05, 0.1) is 0 Å². The average molecular weight is 299 g/mol. The van der Waals surface area contributed by atoms with Crippen LogP contribution in [0.2, 0.25) is 0 Å². The van der Waals surface area contributed by atoms with Gasteiger partial charge in [0.2, 0.25) is 5.91 Å². The van der Waals surface area contributed by atoms with Crippen LogP contribution in [-0.2, 0) is 4.79 Å². The Kier molecular flexibility index (Phi) is 4.46. The summed E-state index contributed by atoms with van der Waals surface area (Å²) in [5.74, 6) is 0.924. The van der Waals surface area contributed by atoms with Crippen molar-refractivity contribution in [3.05, 3.63) is 30.1 Å². The molecule has 0 radical (unpaired) electrons. The Hall–Kier alpha value is -1.84. The van der Waals surface area contributed by atoms with Gasteiger partial charge in [-0.1, -0.05) is 13.8 Å². The molecule has 4 nitrogen and oxygen atoms in total. The first-order chi connectivity index (χ1) is 10.7. The predicted molar refractivity (Wildman–Crippen MR) is 88.7 cm³/mol. The van der Waals surface area contributed by atoms with Gasteiger partial charge in [0.15, 0.2) is 0 Å². The zero-order chi connectivity index (χ0) is 15.5. The van der Waals surface area contributed by atoms with Crippen LogP contribution in [0, 0.1) is 5.92 Å². The van der Waals surface area contributed by atoms with Gasteiger partial charge in [-0.25, -0.2) is 4.98 Å². The van der Waals surface area contributed by atoms with Gasteiger partial charge in [0, 0.05) is 42.2 Å². The van der Waals surface area contributed by atoms with Crippen LogP contribution < -0.4 is 0 Å². The van der Waals surface area contributed by atoms with Crippen LogP contribution in [0.15, 0.2) is 24.4 Å². The third-order valence-corrected chi connectivity index (χ3v) is 4.92. The number of hydrogen-bond donors (Lipinski definition) is 1. The summed E-state index contributed by atoms with van der Waals surface area (Å²) in [6.45, 7) is 5.96. The lowest BCUT2D eigenvalue weighted by Crippen LogP contribution is -2.42. The summed E-state index contributed by atoms with van der Waals surface area (Å²) in [7, 11) is 0. The van der Waals surface area contributed by atoms with Crippen molar-refractivity contribution in [1.82, 2.24) is 14.9 Å². The lowest BCUT2D eigenvalue weighted by molar-refractivity contribution is -0.137. The Morgan fingerprint density at radius 1 is 1.45 bits per heavy atom. The highest BCUT2D eigenvalue weighted by molar-refractivity contribution is 5.79.